The number of para-hydroxylation sites is 1. The number of fused-ring (bicyclic) bond motifs is 1. The Kier molecular flexibility index (Phi) is 2.95. The third-order valence-corrected chi connectivity index (χ3v) is 3.09. The highest BCUT2D eigenvalue weighted by molar-refractivity contribution is 6.17. The van der Waals surface area contributed by atoms with Crippen molar-refractivity contribution in [1.29, 1.82) is 0 Å². The molecular weight excluding hydrogens is 244 g/mol. The summed E-state index contributed by atoms with van der Waals surface area (Å²) < 4.78 is 0. The summed E-state index contributed by atoms with van der Waals surface area (Å²) in [6.45, 7) is 0. The number of hydrogen-bond acceptors (Lipinski definition) is 2. The first kappa shape index (κ1) is 11.2. The average Bonchev–Trinajstić information content (AvgIpc) is 2.47. The van der Waals surface area contributed by atoms with Crippen molar-refractivity contribution in [3.05, 3.63) is 60.3 Å². The number of nitrogens with zero attached hydrogens (tertiary/aromatic N) is 2. The van der Waals surface area contributed by atoms with E-state index in [2.05, 4.69) is 9.97 Å². The van der Waals surface area contributed by atoms with Crippen LogP contribution >= 0.6 is 11.6 Å². The van der Waals surface area contributed by atoms with E-state index >= 15 is 0 Å². The van der Waals surface area contributed by atoms with Crippen LogP contribution in [0.5, 0.6) is 0 Å². The topological polar surface area (TPSA) is 25.8 Å². The number of rotatable bonds is 2. The third-order valence-electron chi connectivity index (χ3n) is 2.84. The summed E-state index contributed by atoms with van der Waals surface area (Å²) >= 11 is 5.98. The van der Waals surface area contributed by atoms with Gasteiger partial charge in [0.15, 0.2) is 5.82 Å². The standard InChI is InChI=1S/C15H11ClN2/c16-10-14-12-8-4-5-9-13(12)17-15(18-14)11-6-2-1-3-7-11/h1-9H,10H2. The van der Waals surface area contributed by atoms with Crippen molar-refractivity contribution in [1.82, 2.24) is 9.97 Å². The van der Waals surface area contributed by atoms with Crippen LogP contribution in [0.1, 0.15) is 5.69 Å². The molecule has 0 fully saturated rings. The minimum Gasteiger partial charge on any atom is -0.231 e. The molecule has 1 heterocycles. The fraction of sp³-hybridized carbons (Fsp3) is 0.0667. The Labute approximate surface area is 110 Å². The number of hydrogen-bond donors (Lipinski definition) is 0. The molecule has 2 nitrogen and oxygen atoms in total. The minimum absolute atomic E-state index is 0.392. The molecule has 0 saturated carbocycles. The number of alkyl halides is 1. The average molecular weight is 255 g/mol. The highest BCUT2D eigenvalue weighted by atomic mass is 35.5. The van der Waals surface area contributed by atoms with Crippen LogP contribution in [0.15, 0.2) is 54.6 Å². The van der Waals surface area contributed by atoms with Gasteiger partial charge in [-0.25, -0.2) is 9.97 Å². The molecule has 0 aliphatic heterocycles. The monoisotopic (exact) mass is 254 g/mol. The Morgan fingerprint density at radius 2 is 1.56 bits per heavy atom. The molecule has 3 rings (SSSR count). The Bertz CT molecular complexity index is 680. The van der Waals surface area contributed by atoms with Gasteiger partial charge in [0.05, 0.1) is 17.1 Å². The fourth-order valence-corrected chi connectivity index (χ4v) is 2.16. The highest BCUT2D eigenvalue weighted by Crippen LogP contribution is 2.22. The lowest BCUT2D eigenvalue weighted by atomic mass is 10.1. The van der Waals surface area contributed by atoms with E-state index in [0.717, 1.165) is 28.0 Å². The van der Waals surface area contributed by atoms with E-state index in [1.54, 1.807) is 0 Å². The first-order chi connectivity index (χ1) is 8.88. The smallest absolute Gasteiger partial charge is 0.160 e. The van der Waals surface area contributed by atoms with Crippen molar-refractivity contribution in [2.75, 3.05) is 0 Å². The lowest BCUT2D eigenvalue weighted by Crippen LogP contribution is -1.96. The number of benzene rings is 2. The van der Waals surface area contributed by atoms with Crippen LogP contribution in [0.2, 0.25) is 0 Å². The van der Waals surface area contributed by atoms with Gasteiger partial charge in [-0.3, -0.25) is 0 Å². The van der Waals surface area contributed by atoms with Crippen molar-refractivity contribution < 1.29 is 0 Å². The molecule has 0 aliphatic rings. The lowest BCUT2D eigenvalue weighted by molar-refractivity contribution is 1.14. The molecule has 2 aromatic carbocycles. The van der Waals surface area contributed by atoms with Gasteiger partial charge in [0.1, 0.15) is 0 Å². The maximum absolute atomic E-state index is 5.98. The summed E-state index contributed by atoms with van der Waals surface area (Å²) in [5, 5.41) is 1.02. The van der Waals surface area contributed by atoms with Gasteiger partial charge in [-0.15, -0.1) is 11.6 Å². The maximum Gasteiger partial charge on any atom is 0.160 e. The second-order valence-electron chi connectivity index (χ2n) is 4.01. The van der Waals surface area contributed by atoms with Crippen molar-refractivity contribution in [3.63, 3.8) is 0 Å². The number of halogens is 1. The first-order valence-electron chi connectivity index (χ1n) is 5.75. The van der Waals surface area contributed by atoms with Gasteiger partial charge in [-0.2, -0.15) is 0 Å². The summed E-state index contributed by atoms with van der Waals surface area (Å²) in [6, 6.07) is 17.9. The fourth-order valence-electron chi connectivity index (χ4n) is 1.96. The lowest BCUT2D eigenvalue weighted by Gasteiger charge is -2.06. The van der Waals surface area contributed by atoms with E-state index in [1.807, 2.05) is 54.6 Å². The minimum atomic E-state index is 0.392. The van der Waals surface area contributed by atoms with Crippen molar-refractivity contribution in [2.24, 2.45) is 0 Å². The molecule has 0 amide bonds. The van der Waals surface area contributed by atoms with Gasteiger partial charge in [0.2, 0.25) is 0 Å². The van der Waals surface area contributed by atoms with Crippen molar-refractivity contribution in [2.45, 2.75) is 5.88 Å². The summed E-state index contributed by atoms with van der Waals surface area (Å²) in [7, 11) is 0. The largest absolute Gasteiger partial charge is 0.231 e. The molecule has 0 N–H and O–H groups in total. The van der Waals surface area contributed by atoms with Crippen LogP contribution in [0.3, 0.4) is 0 Å². The van der Waals surface area contributed by atoms with Gasteiger partial charge < -0.3 is 0 Å². The van der Waals surface area contributed by atoms with Gasteiger partial charge in [-0.05, 0) is 6.07 Å². The molecule has 0 spiro atoms. The predicted octanol–water partition coefficient (Wildman–Crippen LogP) is 4.04. The third kappa shape index (κ3) is 1.95. The molecule has 0 atom stereocenters. The summed E-state index contributed by atoms with van der Waals surface area (Å²) in [5.74, 6) is 1.12. The van der Waals surface area contributed by atoms with Crippen LogP contribution < -0.4 is 0 Å². The van der Waals surface area contributed by atoms with Crippen molar-refractivity contribution >= 4 is 22.5 Å². The summed E-state index contributed by atoms with van der Waals surface area (Å²) in [6.07, 6.45) is 0. The quantitative estimate of drug-likeness (QED) is 0.645. The Morgan fingerprint density at radius 1 is 0.833 bits per heavy atom. The molecule has 0 unspecified atom stereocenters. The van der Waals surface area contributed by atoms with Crippen LogP contribution in [0.25, 0.3) is 22.3 Å². The maximum atomic E-state index is 5.98. The van der Waals surface area contributed by atoms with Crippen molar-refractivity contribution in [3.8, 4) is 11.4 Å². The molecule has 3 heteroatoms. The first-order valence-corrected chi connectivity index (χ1v) is 6.29. The van der Waals surface area contributed by atoms with Crippen LogP contribution in [0, 0.1) is 0 Å². The molecule has 18 heavy (non-hydrogen) atoms. The molecule has 3 aromatic rings. The Balaban J connectivity index is 2.26. The molecule has 88 valence electrons. The molecule has 0 aliphatic carbocycles. The van der Waals surface area contributed by atoms with Gasteiger partial charge in [0.25, 0.3) is 0 Å². The zero-order chi connectivity index (χ0) is 12.4. The normalized spacial score (nSPS) is 10.7. The van der Waals surface area contributed by atoms with E-state index in [-0.39, 0.29) is 0 Å². The summed E-state index contributed by atoms with van der Waals surface area (Å²) in [4.78, 5) is 9.13. The predicted molar refractivity (Wildman–Crippen MR) is 74.5 cm³/mol. The highest BCUT2D eigenvalue weighted by Gasteiger charge is 2.07. The van der Waals surface area contributed by atoms with Gasteiger partial charge in [0, 0.05) is 10.9 Å². The zero-order valence-electron chi connectivity index (χ0n) is 9.68. The summed E-state index contributed by atoms with van der Waals surface area (Å²) in [5.41, 5.74) is 2.82. The van der Waals surface area contributed by atoms with Crippen LogP contribution in [0.4, 0.5) is 0 Å². The molecule has 0 bridgehead atoms. The second-order valence-corrected chi connectivity index (χ2v) is 4.28. The second kappa shape index (κ2) is 4.75. The number of aromatic nitrogens is 2. The zero-order valence-corrected chi connectivity index (χ0v) is 10.4. The SMILES string of the molecule is ClCc1nc(-c2ccccc2)nc2ccccc12. The molecule has 0 radical (unpaired) electrons. The van der Waals surface area contributed by atoms with Gasteiger partial charge in [-0.1, -0.05) is 48.5 Å². The van der Waals surface area contributed by atoms with E-state index in [1.165, 1.54) is 0 Å². The molecule has 1 aromatic heterocycles. The van der Waals surface area contributed by atoms with E-state index in [0.29, 0.717) is 5.88 Å². The van der Waals surface area contributed by atoms with E-state index in [4.69, 9.17) is 11.6 Å². The Morgan fingerprint density at radius 3 is 2.33 bits per heavy atom. The van der Waals surface area contributed by atoms with E-state index < -0.39 is 0 Å². The van der Waals surface area contributed by atoms with Crippen LogP contribution in [-0.4, -0.2) is 9.97 Å². The molecule has 0 saturated heterocycles. The van der Waals surface area contributed by atoms with E-state index in [9.17, 15) is 0 Å². The van der Waals surface area contributed by atoms with Gasteiger partial charge >= 0.3 is 0 Å². The Hall–Kier alpha value is -1.93. The van der Waals surface area contributed by atoms with Crippen LogP contribution in [-0.2, 0) is 5.88 Å². The molecular formula is C15H11ClN2.